The van der Waals surface area contributed by atoms with Crippen molar-refractivity contribution >= 4 is 5.78 Å². The number of rotatable bonds is 5. The maximum absolute atomic E-state index is 11.0. The third kappa shape index (κ3) is 4.08. The molecule has 0 aromatic rings. The van der Waals surface area contributed by atoms with Crippen LogP contribution in [0.2, 0.25) is 0 Å². The molecule has 0 heterocycles. The fourth-order valence-electron chi connectivity index (χ4n) is 2.13. The lowest BCUT2D eigenvalue weighted by Gasteiger charge is -2.19. The minimum absolute atomic E-state index is 0.308. The van der Waals surface area contributed by atoms with Crippen molar-refractivity contribution in [3.8, 4) is 0 Å². The predicted molar refractivity (Wildman–Crippen MR) is 60.2 cm³/mol. The third-order valence-corrected chi connectivity index (χ3v) is 3.07. The number of ketones is 1. The molecule has 0 N–H and O–H groups in total. The van der Waals surface area contributed by atoms with E-state index in [1.807, 2.05) is 0 Å². The molecule has 0 amide bonds. The second-order valence-electron chi connectivity index (χ2n) is 4.61. The van der Waals surface area contributed by atoms with Crippen LogP contribution in [-0.4, -0.2) is 5.78 Å². The van der Waals surface area contributed by atoms with Gasteiger partial charge in [0.25, 0.3) is 0 Å². The molecule has 0 bridgehead atoms. The van der Waals surface area contributed by atoms with Gasteiger partial charge in [0, 0.05) is 6.42 Å². The molecule has 0 aliphatic heterocycles. The van der Waals surface area contributed by atoms with E-state index in [0.717, 1.165) is 18.8 Å². The molecule has 1 aliphatic rings. The lowest BCUT2D eigenvalue weighted by molar-refractivity contribution is -0.115. The summed E-state index contributed by atoms with van der Waals surface area (Å²) in [5, 5.41) is 0. The normalized spacial score (nSPS) is 23.9. The van der Waals surface area contributed by atoms with Crippen LogP contribution in [0.4, 0.5) is 0 Å². The van der Waals surface area contributed by atoms with Gasteiger partial charge in [-0.05, 0) is 30.8 Å². The highest BCUT2D eigenvalue weighted by atomic mass is 16.1. The van der Waals surface area contributed by atoms with E-state index in [9.17, 15) is 4.79 Å². The minimum Gasteiger partial charge on any atom is -0.295 e. The number of hydrogen-bond donors (Lipinski definition) is 0. The summed E-state index contributed by atoms with van der Waals surface area (Å²) in [6.45, 7) is 4.58. The van der Waals surface area contributed by atoms with Crippen LogP contribution < -0.4 is 0 Å². The second-order valence-corrected chi connectivity index (χ2v) is 4.61. The number of carbonyl (C=O) groups is 1. The maximum Gasteiger partial charge on any atom is 0.155 e. The Labute approximate surface area is 87.6 Å². The van der Waals surface area contributed by atoms with Crippen molar-refractivity contribution in [3.05, 3.63) is 12.2 Å². The first-order valence-electron chi connectivity index (χ1n) is 5.93. The van der Waals surface area contributed by atoms with Crippen LogP contribution in [0.1, 0.15) is 52.4 Å². The first-order chi connectivity index (χ1) is 6.72. The molecule has 0 aromatic carbocycles. The summed E-state index contributed by atoms with van der Waals surface area (Å²) in [5.74, 6) is 1.79. The number of unbranched alkanes of at least 4 members (excludes halogenated alkanes) is 1. The van der Waals surface area contributed by atoms with Gasteiger partial charge in [0.1, 0.15) is 0 Å². The Morgan fingerprint density at radius 3 is 2.93 bits per heavy atom. The van der Waals surface area contributed by atoms with E-state index in [2.05, 4.69) is 19.9 Å². The number of hydrogen-bond acceptors (Lipinski definition) is 1. The van der Waals surface area contributed by atoms with Gasteiger partial charge in [-0.1, -0.05) is 39.2 Å². The molecule has 1 aliphatic carbocycles. The third-order valence-electron chi connectivity index (χ3n) is 3.07. The zero-order valence-electron chi connectivity index (χ0n) is 9.46. The molecule has 0 saturated carbocycles. The second kappa shape index (κ2) is 6.00. The summed E-state index contributed by atoms with van der Waals surface area (Å²) in [7, 11) is 0. The van der Waals surface area contributed by atoms with Gasteiger partial charge in [0.15, 0.2) is 5.78 Å². The summed E-state index contributed by atoms with van der Waals surface area (Å²) < 4.78 is 0. The summed E-state index contributed by atoms with van der Waals surface area (Å²) in [6.07, 6.45) is 11.0. The molecular weight excluding hydrogens is 172 g/mol. The van der Waals surface area contributed by atoms with E-state index < -0.39 is 0 Å². The van der Waals surface area contributed by atoms with Crippen LogP contribution >= 0.6 is 0 Å². The molecule has 1 heteroatoms. The van der Waals surface area contributed by atoms with Crippen LogP contribution in [0.25, 0.3) is 0 Å². The van der Waals surface area contributed by atoms with E-state index >= 15 is 0 Å². The van der Waals surface area contributed by atoms with E-state index in [-0.39, 0.29) is 0 Å². The Morgan fingerprint density at radius 2 is 2.36 bits per heavy atom. The van der Waals surface area contributed by atoms with Crippen molar-refractivity contribution in [3.63, 3.8) is 0 Å². The smallest absolute Gasteiger partial charge is 0.155 e. The standard InChI is InChI=1S/C13H22O/c1-3-4-5-11(2)10-12-6-8-13(14)9-7-12/h6,8,11-12H,3-5,7,9-10H2,1-2H3. The van der Waals surface area contributed by atoms with Crippen molar-refractivity contribution in [1.82, 2.24) is 0 Å². The summed E-state index contributed by atoms with van der Waals surface area (Å²) in [4.78, 5) is 11.0. The van der Waals surface area contributed by atoms with Crippen molar-refractivity contribution < 1.29 is 4.79 Å². The average Bonchev–Trinajstić information content (AvgIpc) is 2.18. The highest BCUT2D eigenvalue weighted by molar-refractivity contribution is 5.90. The molecule has 0 radical (unpaired) electrons. The van der Waals surface area contributed by atoms with Gasteiger partial charge in [-0.2, -0.15) is 0 Å². The molecule has 0 saturated heterocycles. The Kier molecular flexibility index (Phi) is 4.92. The van der Waals surface area contributed by atoms with Gasteiger partial charge < -0.3 is 0 Å². The first-order valence-corrected chi connectivity index (χ1v) is 5.93. The molecule has 2 unspecified atom stereocenters. The zero-order valence-corrected chi connectivity index (χ0v) is 9.46. The number of allylic oxidation sites excluding steroid dienone is 2. The Balaban J connectivity index is 2.23. The van der Waals surface area contributed by atoms with Crippen molar-refractivity contribution in [2.24, 2.45) is 11.8 Å². The van der Waals surface area contributed by atoms with Crippen LogP contribution in [-0.2, 0) is 4.79 Å². The molecule has 1 nitrogen and oxygen atoms in total. The van der Waals surface area contributed by atoms with Crippen LogP contribution in [0.3, 0.4) is 0 Å². The maximum atomic E-state index is 11.0. The van der Waals surface area contributed by atoms with Crippen molar-refractivity contribution in [2.75, 3.05) is 0 Å². The van der Waals surface area contributed by atoms with Crippen molar-refractivity contribution in [2.45, 2.75) is 52.4 Å². The lowest BCUT2D eigenvalue weighted by atomic mass is 9.86. The highest BCUT2D eigenvalue weighted by Crippen LogP contribution is 2.25. The summed E-state index contributed by atoms with van der Waals surface area (Å²) >= 11 is 0. The molecular formula is C13H22O. The van der Waals surface area contributed by atoms with Crippen LogP contribution in [0.15, 0.2) is 12.2 Å². The topological polar surface area (TPSA) is 17.1 Å². The fourth-order valence-corrected chi connectivity index (χ4v) is 2.13. The van der Waals surface area contributed by atoms with E-state index in [1.54, 1.807) is 6.08 Å². The van der Waals surface area contributed by atoms with Gasteiger partial charge in [-0.3, -0.25) is 4.79 Å². The molecule has 1 rings (SSSR count). The van der Waals surface area contributed by atoms with E-state index in [4.69, 9.17) is 0 Å². The summed E-state index contributed by atoms with van der Waals surface area (Å²) in [5.41, 5.74) is 0. The molecule has 2 atom stereocenters. The predicted octanol–water partition coefficient (Wildman–Crippen LogP) is 3.74. The van der Waals surface area contributed by atoms with Gasteiger partial charge >= 0.3 is 0 Å². The summed E-state index contributed by atoms with van der Waals surface area (Å²) in [6, 6.07) is 0. The zero-order chi connectivity index (χ0) is 10.4. The van der Waals surface area contributed by atoms with Gasteiger partial charge in [-0.25, -0.2) is 0 Å². The Morgan fingerprint density at radius 1 is 1.57 bits per heavy atom. The Hall–Kier alpha value is -0.590. The van der Waals surface area contributed by atoms with Gasteiger partial charge in [0.2, 0.25) is 0 Å². The SMILES string of the molecule is CCCCC(C)CC1C=CC(=O)CC1. The minimum atomic E-state index is 0.308. The quantitative estimate of drug-likeness (QED) is 0.651. The van der Waals surface area contributed by atoms with Crippen molar-refractivity contribution in [1.29, 1.82) is 0 Å². The van der Waals surface area contributed by atoms with Crippen LogP contribution in [0.5, 0.6) is 0 Å². The Bertz CT molecular complexity index is 205. The lowest BCUT2D eigenvalue weighted by Crippen LogP contribution is -2.11. The molecule has 0 aromatic heterocycles. The highest BCUT2D eigenvalue weighted by Gasteiger charge is 2.15. The van der Waals surface area contributed by atoms with Crippen LogP contribution in [0, 0.1) is 11.8 Å². The molecule has 0 spiro atoms. The molecule has 80 valence electrons. The fraction of sp³-hybridized carbons (Fsp3) is 0.769. The monoisotopic (exact) mass is 194 g/mol. The average molecular weight is 194 g/mol. The molecule has 0 fully saturated rings. The number of carbonyl (C=O) groups excluding carboxylic acids is 1. The van der Waals surface area contributed by atoms with E-state index in [0.29, 0.717) is 11.7 Å². The van der Waals surface area contributed by atoms with E-state index in [1.165, 1.54) is 25.7 Å². The van der Waals surface area contributed by atoms with Gasteiger partial charge in [-0.15, -0.1) is 0 Å². The van der Waals surface area contributed by atoms with Gasteiger partial charge in [0.05, 0.1) is 0 Å². The first kappa shape index (κ1) is 11.5. The largest absolute Gasteiger partial charge is 0.295 e. The molecule has 14 heavy (non-hydrogen) atoms.